The second-order valence-corrected chi connectivity index (χ2v) is 7.82. The Bertz CT molecular complexity index is 809. The van der Waals surface area contributed by atoms with Gasteiger partial charge in [0.1, 0.15) is 5.82 Å². The average Bonchev–Trinajstić information content (AvgIpc) is 2.92. The van der Waals surface area contributed by atoms with E-state index < -0.39 is 5.91 Å². The summed E-state index contributed by atoms with van der Waals surface area (Å²) in [7, 11) is 5.86. The molecular weight excluding hydrogens is 344 g/mol. The molecule has 1 aromatic carbocycles. The molecule has 1 amide bonds. The van der Waals surface area contributed by atoms with E-state index in [1.54, 1.807) is 18.7 Å². The minimum Gasteiger partial charge on any atom is -0.384 e. The fourth-order valence-corrected chi connectivity index (χ4v) is 3.40. The molecule has 148 valence electrons. The van der Waals surface area contributed by atoms with Crippen LogP contribution in [0, 0.1) is 5.41 Å². The number of imidazole rings is 1. The lowest BCUT2D eigenvalue weighted by Gasteiger charge is -2.29. The molecule has 0 unspecified atom stereocenters. The van der Waals surface area contributed by atoms with E-state index >= 15 is 0 Å². The molecule has 0 saturated heterocycles. The number of amides is 1. The second-order valence-electron chi connectivity index (χ2n) is 7.82. The topological polar surface area (TPSA) is 79.6 Å². The first-order valence-corrected chi connectivity index (χ1v) is 9.01. The summed E-state index contributed by atoms with van der Waals surface area (Å²) in [4.78, 5) is 18.2. The number of methoxy groups -OCH3 is 1. The Hall–Kier alpha value is -2.22. The van der Waals surface area contributed by atoms with Gasteiger partial charge in [0.05, 0.1) is 17.6 Å². The molecule has 0 atom stereocenters. The number of carbonyl (C=O) groups is 1. The minimum atomic E-state index is -0.563. The first kappa shape index (κ1) is 21.1. The van der Waals surface area contributed by atoms with Crippen LogP contribution >= 0.6 is 0 Å². The maximum Gasteiger partial charge on any atom is 0.267 e. The van der Waals surface area contributed by atoms with Crippen LogP contribution in [-0.4, -0.2) is 59.9 Å². The van der Waals surface area contributed by atoms with Crippen molar-refractivity contribution in [2.45, 2.75) is 26.8 Å². The Morgan fingerprint density at radius 2 is 2.15 bits per heavy atom. The third kappa shape index (κ3) is 5.89. The van der Waals surface area contributed by atoms with E-state index in [1.165, 1.54) is 6.08 Å². The third-order valence-corrected chi connectivity index (χ3v) is 4.25. The zero-order valence-electron chi connectivity index (χ0n) is 16.8. The van der Waals surface area contributed by atoms with E-state index in [4.69, 9.17) is 14.9 Å². The Morgan fingerprint density at radius 1 is 1.41 bits per heavy atom. The summed E-state index contributed by atoms with van der Waals surface area (Å²) in [5.41, 5.74) is 4.46. The molecule has 2 rings (SSSR count). The molecule has 1 aromatic heterocycles. The van der Waals surface area contributed by atoms with Crippen LogP contribution in [0.2, 0.25) is 0 Å². The van der Waals surface area contributed by atoms with Crippen molar-refractivity contribution in [2.24, 2.45) is 5.41 Å². The number of hydroxylamine groups is 1. The van der Waals surface area contributed by atoms with Gasteiger partial charge in [0.15, 0.2) is 0 Å². The van der Waals surface area contributed by atoms with Crippen molar-refractivity contribution in [3.05, 3.63) is 35.7 Å². The highest BCUT2D eigenvalue weighted by atomic mass is 16.5. The molecule has 7 nitrogen and oxygen atoms in total. The van der Waals surface area contributed by atoms with Gasteiger partial charge in [-0.05, 0) is 43.3 Å². The molecule has 2 aromatic rings. The van der Waals surface area contributed by atoms with Crippen LogP contribution in [0.4, 0.5) is 0 Å². The van der Waals surface area contributed by atoms with E-state index in [2.05, 4.69) is 37.4 Å². The van der Waals surface area contributed by atoms with Crippen LogP contribution in [-0.2, 0) is 22.5 Å². The van der Waals surface area contributed by atoms with Gasteiger partial charge >= 0.3 is 0 Å². The van der Waals surface area contributed by atoms with Crippen LogP contribution in [0.5, 0.6) is 0 Å². The molecule has 0 radical (unpaired) electrons. The number of ether oxygens (including phenoxy) is 1. The van der Waals surface area contributed by atoms with Crippen molar-refractivity contribution >= 4 is 23.0 Å². The van der Waals surface area contributed by atoms with Crippen molar-refractivity contribution < 1.29 is 14.7 Å². The van der Waals surface area contributed by atoms with Gasteiger partial charge in [-0.15, -0.1) is 0 Å². The lowest BCUT2D eigenvalue weighted by Crippen LogP contribution is -2.33. The first-order chi connectivity index (χ1) is 12.8. The van der Waals surface area contributed by atoms with E-state index in [0.717, 1.165) is 41.9 Å². The Balaban J connectivity index is 2.40. The Labute approximate surface area is 160 Å². The molecule has 0 fully saturated rings. The maximum absolute atomic E-state index is 11.2. The largest absolute Gasteiger partial charge is 0.384 e. The molecule has 1 heterocycles. The molecule has 2 N–H and O–H groups in total. The predicted molar refractivity (Wildman–Crippen MR) is 107 cm³/mol. The fraction of sp³-hybridized carbons (Fsp3) is 0.500. The molecule has 0 aliphatic rings. The van der Waals surface area contributed by atoms with Gasteiger partial charge in [-0.2, -0.15) is 0 Å². The maximum atomic E-state index is 11.2. The highest BCUT2D eigenvalue weighted by molar-refractivity contribution is 5.91. The zero-order chi connectivity index (χ0) is 20.0. The van der Waals surface area contributed by atoms with E-state index in [9.17, 15) is 4.79 Å². The lowest BCUT2D eigenvalue weighted by atomic mass is 9.92. The zero-order valence-corrected chi connectivity index (χ0v) is 16.8. The Morgan fingerprint density at radius 3 is 2.78 bits per heavy atom. The van der Waals surface area contributed by atoms with Crippen LogP contribution in [0.1, 0.15) is 25.2 Å². The number of nitrogens with one attached hydrogen (secondary N) is 1. The monoisotopic (exact) mass is 374 g/mol. The Kier molecular flexibility index (Phi) is 7.12. The summed E-state index contributed by atoms with van der Waals surface area (Å²) in [6.45, 7) is 6.93. The molecular formula is C20H30N4O3. The second kappa shape index (κ2) is 9.12. The van der Waals surface area contributed by atoms with Crippen LogP contribution in [0.3, 0.4) is 0 Å². The summed E-state index contributed by atoms with van der Waals surface area (Å²) in [6, 6.07) is 5.92. The van der Waals surface area contributed by atoms with Gasteiger partial charge < -0.3 is 14.2 Å². The number of carbonyl (C=O) groups excluding carboxylic acids is 1. The van der Waals surface area contributed by atoms with Gasteiger partial charge in [-0.3, -0.25) is 10.0 Å². The van der Waals surface area contributed by atoms with Crippen LogP contribution in [0.25, 0.3) is 17.1 Å². The summed E-state index contributed by atoms with van der Waals surface area (Å²) >= 11 is 0. The van der Waals surface area contributed by atoms with Gasteiger partial charge in [0, 0.05) is 32.7 Å². The standard InChI is InChI=1S/C20H30N4O3/c1-20(2,13-23(3)4)14-24-17-8-6-15(7-9-19(25)22-26)12-16(17)21-18(24)10-11-27-5/h6-9,12,26H,10-11,13-14H2,1-5H3,(H,22,25)/b9-7+. The van der Waals surface area contributed by atoms with Crippen molar-refractivity contribution in [1.82, 2.24) is 19.9 Å². The predicted octanol–water partition coefficient (Wildman–Crippen LogP) is 2.33. The fourth-order valence-electron chi connectivity index (χ4n) is 3.40. The molecule has 0 aliphatic carbocycles. The quantitative estimate of drug-likeness (QED) is 0.400. The van der Waals surface area contributed by atoms with Crippen LogP contribution in [0.15, 0.2) is 24.3 Å². The smallest absolute Gasteiger partial charge is 0.267 e. The molecule has 7 heteroatoms. The first-order valence-electron chi connectivity index (χ1n) is 9.01. The van der Waals surface area contributed by atoms with Crippen molar-refractivity contribution in [3.8, 4) is 0 Å². The highest BCUT2D eigenvalue weighted by Gasteiger charge is 2.23. The third-order valence-electron chi connectivity index (χ3n) is 4.25. The van der Waals surface area contributed by atoms with Gasteiger partial charge in [0.25, 0.3) is 5.91 Å². The molecule has 0 aliphatic heterocycles. The minimum absolute atomic E-state index is 0.0801. The number of benzene rings is 1. The van der Waals surface area contributed by atoms with E-state index in [-0.39, 0.29) is 5.41 Å². The molecule has 0 spiro atoms. The van der Waals surface area contributed by atoms with Gasteiger partial charge in [0.2, 0.25) is 0 Å². The average molecular weight is 374 g/mol. The number of nitrogens with zero attached hydrogens (tertiary/aromatic N) is 3. The highest BCUT2D eigenvalue weighted by Crippen LogP contribution is 2.26. The normalized spacial score (nSPS) is 12.4. The number of hydrogen-bond acceptors (Lipinski definition) is 5. The molecule has 27 heavy (non-hydrogen) atoms. The number of aromatic nitrogens is 2. The molecule has 0 saturated carbocycles. The van der Waals surface area contributed by atoms with Crippen LogP contribution < -0.4 is 5.48 Å². The lowest BCUT2D eigenvalue weighted by molar-refractivity contribution is -0.124. The van der Waals surface area contributed by atoms with E-state index in [0.29, 0.717) is 6.61 Å². The summed E-state index contributed by atoms with van der Waals surface area (Å²) in [5.74, 6) is 0.430. The summed E-state index contributed by atoms with van der Waals surface area (Å²) in [6.07, 6.45) is 3.67. The number of hydrogen-bond donors (Lipinski definition) is 2. The van der Waals surface area contributed by atoms with Gasteiger partial charge in [-0.1, -0.05) is 19.9 Å². The summed E-state index contributed by atoms with van der Waals surface area (Å²) in [5, 5.41) is 8.60. The summed E-state index contributed by atoms with van der Waals surface area (Å²) < 4.78 is 7.52. The number of fused-ring (bicyclic) bond motifs is 1. The SMILES string of the molecule is COCCc1nc2cc(/C=C/C(=O)NO)ccc2n1CC(C)(C)CN(C)C. The number of rotatable bonds is 9. The van der Waals surface area contributed by atoms with Crippen molar-refractivity contribution in [3.63, 3.8) is 0 Å². The van der Waals surface area contributed by atoms with Crippen molar-refractivity contribution in [1.29, 1.82) is 0 Å². The molecule has 0 bridgehead atoms. The van der Waals surface area contributed by atoms with Crippen molar-refractivity contribution in [2.75, 3.05) is 34.4 Å². The van der Waals surface area contributed by atoms with Gasteiger partial charge in [-0.25, -0.2) is 10.5 Å². The van der Waals surface area contributed by atoms with E-state index in [1.807, 2.05) is 18.2 Å².